The summed E-state index contributed by atoms with van der Waals surface area (Å²) in [5.74, 6) is 0.307. The van der Waals surface area contributed by atoms with Gasteiger partial charge in [0.25, 0.3) is 0 Å². The number of hydrogen-bond donors (Lipinski definition) is 0. The van der Waals surface area contributed by atoms with Crippen molar-refractivity contribution in [3.05, 3.63) is 0 Å². The molecule has 0 amide bonds. The molecule has 0 atom stereocenters. The highest BCUT2D eigenvalue weighted by Crippen LogP contribution is 1.87. The van der Waals surface area contributed by atoms with Gasteiger partial charge in [-0.1, -0.05) is 6.92 Å². The maximum Gasteiger partial charge on any atom is 0.508 e. The van der Waals surface area contributed by atoms with E-state index in [2.05, 4.69) is 9.47 Å². The van der Waals surface area contributed by atoms with Crippen LogP contribution in [0.4, 0.5) is 4.79 Å². The predicted octanol–water partition coefficient (Wildman–Crippen LogP) is 1.79. The first-order valence-corrected chi connectivity index (χ1v) is 3.70. The molecule has 0 rings (SSSR count). The fourth-order valence-electron chi connectivity index (χ4n) is 0.349. The van der Waals surface area contributed by atoms with Gasteiger partial charge >= 0.3 is 6.16 Å². The van der Waals surface area contributed by atoms with Crippen LogP contribution in [-0.2, 0) is 9.47 Å². The van der Waals surface area contributed by atoms with Gasteiger partial charge < -0.3 is 9.47 Å². The van der Waals surface area contributed by atoms with Crippen LogP contribution in [0.2, 0.25) is 0 Å². The van der Waals surface area contributed by atoms with Gasteiger partial charge in [0.15, 0.2) is 0 Å². The van der Waals surface area contributed by atoms with Crippen LogP contribution in [0.15, 0.2) is 0 Å². The van der Waals surface area contributed by atoms with Crippen LogP contribution in [0.1, 0.15) is 13.3 Å². The standard InChI is InChI=1S/C6H11ClO3/c1-2-4-9-6(8)10-5-3-7/h2-5H2,1H3. The lowest BCUT2D eigenvalue weighted by molar-refractivity contribution is 0.0597. The van der Waals surface area contributed by atoms with Crippen LogP contribution in [0.3, 0.4) is 0 Å². The topological polar surface area (TPSA) is 35.5 Å². The predicted molar refractivity (Wildman–Crippen MR) is 38.3 cm³/mol. The molecule has 4 heteroatoms. The summed E-state index contributed by atoms with van der Waals surface area (Å²) in [7, 11) is 0. The molecule has 3 nitrogen and oxygen atoms in total. The highest BCUT2D eigenvalue weighted by Gasteiger charge is 1.99. The van der Waals surface area contributed by atoms with Gasteiger partial charge in [-0.25, -0.2) is 4.79 Å². The highest BCUT2D eigenvalue weighted by molar-refractivity contribution is 6.18. The van der Waals surface area contributed by atoms with Crippen molar-refractivity contribution in [2.24, 2.45) is 0 Å². The first-order valence-electron chi connectivity index (χ1n) is 3.16. The number of ether oxygens (including phenoxy) is 2. The Kier molecular flexibility index (Phi) is 6.38. The van der Waals surface area contributed by atoms with E-state index >= 15 is 0 Å². The second kappa shape index (κ2) is 6.68. The Bertz CT molecular complexity index is 85.0. The van der Waals surface area contributed by atoms with Gasteiger partial charge in [-0.2, -0.15) is 0 Å². The molecular formula is C6H11ClO3. The Morgan fingerprint density at radius 3 is 2.50 bits per heavy atom. The monoisotopic (exact) mass is 166 g/mol. The minimum absolute atomic E-state index is 0.212. The summed E-state index contributed by atoms with van der Waals surface area (Å²) >= 11 is 5.25. The lowest BCUT2D eigenvalue weighted by Gasteiger charge is -2.01. The summed E-state index contributed by atoms with van der Waals surface area (Å²) in [5, 5.41) is 0. The third-order valence-electron chi connectivity index (χ3n) is 0.721. The summed E-state index contributed by atoms with van der Waals surface area (Å²) in [5.41, 5.74) is 0. The molecule has 0 N–H and O–H groups in total. The van der Waals surface area contributed by atoms with Gasteiger partial charge in [0.2, 0.25) is 0 Å². The number of carbonyl (C=O) groups is 1. The van der Waals surface area contributed by atoms with Crippen molar-refractivity contribution in [1.82, 2.24) is 0 Å². The zero-order chi connectivity index (χ0) is 7.82. The first kappa shape index (κ1) is 9.56. The van der Waals surface area contributed by atoms with E-state index in [1.165, 1.54) is 0 Å². The zero-order valence-electron chi connectivity index (χ0n) is 5.93. The van der Waals surface area contributed by atoms with Gasteiger partial charge in [-0.05, 0) is 6.42 Å². The maximum absolute atomic E-state index is 10.5. The van der Waals surface area contributed by atoms with E-state index in [-0.39, 0.29) is 6.61 Å². The molecule has 0 aliphatic carbocycles. The first-order chi connectivity index (χ1) is 4.81. The summed E-state index contributed by atoms with van der Waals surface area (Å²) in [4.78, 5) is 10.5. The van der Waals surface area contributed by atoms with Gasteiger partial charge in [0.1, 0.15) is 6.61 Å². The van der Waals surface area contributed by atoms with E-state index in [0.717, 1.165) is 6.42 Å². The molecule has 0 aliphatic heterocycles. The molecule has 0 saturated carbocycles. The summed E-state index contributed by atoms with van der Waals surface area (Å²) in [6.07, 6.45) is 0.165. The lowest BCUT2D eigenvalue weighted by atomic mass is 10.5. The Labute approximate surface area is 65.3 Å². The van der Waals surface area contributed by atoms with Crippen molar-refractivity contribution in [2.75, 3.05) is 19.1 Å². The highest BCUT2D eigenvalue weighted by atomic mass is 35.5. The van der Waals surface area contributed by atoms with Crippen LogP contribution in [0.25, 0.3) is 0 Å². The number of alkyl halides is 1. The second-order valence-corrected chi connectivity index (χ2v) is 2.01. The number of carbonyl (C=O) groups excluding carboxylic acids is 1. The zero-order valence-corrected chi connectivity index (χ0v) is 6.69. The van der Waals surface area contributed by atoms with E-state index in [1.807, 2.05) is 6.92 Å². The number of rotatable bonds is 4. The molecular weight excluding hydrogens is 156 g/mol. The van der Waals surface area contributed by atoms with Crippen molar-refractivity contribution in [1.29, 1.82) is 0 Å². The number of hydrogen-bond acceptors (Lipinski definition) is 3. The quantitative estimate of drug-likeness (QED) is 0.472. The molecule has 0 heterocycles. The van der Waals surface area contributed by atoms with E-state index in [0.29, 0.717) is 12.5 Å². The van der Waals surface area contributed by atoms with Crippen LogP contribution in [0.5, 0.6) is 0 Å². The smallest absolute Gasteiger partial charge is 0.434 e. The fourth-order valence-corrected chi connectivity index (χ4v) is 0.426. The molecule has 0 aromatic heterocycles. The van der Waals surface area contributed by atoms with E-state index in [1.54, 1.807) is 0 Å². The van der Waals surface area contributed by atoms with Gasteiger partial charge in [0.05, 0.1) is 12.5 Å². The molecule has 10 heavy (non-hydrogen) atoms. The van der Waals surface area contributed by atoms with E-state index in [4.69, 9.17) is 11.6 Å². The largest absolute Gasteiger partial charge is 0.508 e. The molecule has 0 radical (unpaired) electrons. The van der Waals surface area contributed by atoms with Crippen LogP contribution < -0.4 is 0 Å². The molecule has 0 unspecified atom stereocenters. The molecule has 0 fully saturated rings. The summed E-state index contributed by atoms with van der Waals surface area (Å²) in [6.45, 7) is 2.53. The fraction of sp³-hybridized carbons (Fsp3) is 0.833. The van der Waals surface area contributed by atoms with Crippen molar-refractivity contribution >= 4 is 17.8 Å². The average molecular weight is 167 g/mol. The van der Waals surface area contributed by atoms with E-state index in [9.17, 15) is 4.79 Å². The average Bonchev–Trinajstić information content (AvgIpc) is 1.97. The Balaban J connectivity index is 3.09. The molecule has 0 aromatic rings. The van der Waals surface area contributed by atoms with Crippen LogP contribution in [-0.4, -0.2) is 25.2 Å². The normalized spacial score (nSPS) is 9.00. The minimum Gasteiger partial charge on any atom is -0.434 e. The minimum atomic E-state index is -0.637. The summed E-state index contributed by atoms with van der Waals surface area (Å²) < 4.78 is 9.07. The van der Waals surface area contributed by atoms with Gasteiger partial charge in [-0.3, -0.25) is 0 Å². The van der Waals surface area contributed by atoms with Crippen molar-refractivity contribution in [3.8, 4) is 0 Å². The van der Waals surface area contributed by atoms with Gasteiger partial charge in [0, 0.05) is 0 Å². The van der Waals surface area contributed by atoms with Crippen molar-refractivity contribution in [2.45, 2.75) is 13.3 Å². The van der Waals surface area contributed by atoms with E-state index < -0.39 is 6.16 Å². The molecule has 60 valence electrons. The van der Waals surface area contributed by atoms with Crippen molar-refractivity contribution in [3.63, 3.8) is 0 Å². The van der Waals surface area contributed by atoms with Crippen LogP contribution in [0, 0.1) is 0 Å². The van der Waals surface area contributed by atoms with Gasteiger partial charge in [-0.15, -0.1) is 11.6 Å². The Morgan fingerprint density at radius 2 is 2.00 bits per heavy atom. The molecule has 0 bridgehead atoms. The SMILES string of the molecule is CCCOC(=O)OCCCl. The third-order valence-corrected chi connectivity index (χ3v) is 0.875. The maximum atomic E-state index is 10.5. The number of halogens is 1. The third kappa shape index (κ3) is 5.69. The molecule has 0 aromatic carbocycles. The Morgan fingerprint density at radius 1 is 1.40 bits per heavy atom. The molecule has 0 saturated heterocycles. The molecule has 0 spiro atoms. The van der Waals surface area contributed by atoms with Crippen LogP contribution >= 0.6 is 11.6 Å². The molecule has 0 aliphatic rings. The summed E-state index contributed by atoms with van der Waals surface area (Å²) in [6, 6.07) is 0. The lowest BCUT2D eigenvalue weighted by Crippen LogP contribution is -2.09. The van der Waals surface area contributed by atoms with Crippen molar-refractivity contribution < 1.29 is 14.3 Å². The second-order valence-electron chi connectivity index (χ2n) is 1.64. The Hall–Kier alpha value is -0.440.